The smallest absolute Gasteiger partial charge is 0.410 e. The van der Waals surface area contributed by atoms with Gasteiger partial charge in [0.1, 0.15) is 24.7 Å². The van der Waals surface area contributed by atoms with E-state index < -0.39 is 71.5 Å². The lowest BCUT2D eigenvalue weighted by Crippen LogP contribution is -2.60. The van der Waals surface area contributed by atoms with Crippen molar-refractivity contribution in [2.45, 2.75) is 149 Å². The molecule has 2 aromatic rings. The zero-order chi connectivity index (χ0) is 45.1. The highest BCUT2D eigenvalue weighted by Crippen LogP contribution is 2.44. The summed E-state index contributed by atoms with van der Waals surface area (Å²) >= 11 is 1.61. The second-order valence-corrected chi connectivity index (χ2v) is 19.7. The molecule has 62 heavy (non-hydrogen) atoms. The van der Waals surface area contributed by atoms with Crippen molar-refractivity contribution in [2.24, 2.45) is 28.7 Å². The molecule has 0 spiro atoms. The number of hydrogen-bond donors (Lipinski definition) is 2. The Kier molecular flexibility index (Phi) is 15.4. The Balaban J connectivity index is 1.34. The second kappa shape index (κ2) is 20.0. The van der Waals surface area contributed by atoms with Crippen LogP contribution in [-0.4, -0.2) is 126 Å². The van der Waals surface area contributed by atoms with E-state index in [4.69, 9.17) is 28.7 Å². The molecule has 0 saturated carbocycles. The van der Waals surface area contributed by atoms with Gasteiger partial charge >= 0.3 is 12.1 Å². The molecule has 3 fully saturated rings. The molecular weight excluding hydrogens is 809 g/mol. The molecule has 6 rings (SSSR count). The van der Waals surface area contributed by atoms with Gasteiger partial charge in [-0.3, -0.25) is 19.5 Å². The number of carbonyl (C=O) groups is 3. The lowest BCUT2D eigenvalue weighted by Gasteiger charge is -2.47. The monoisotopic (exact) mass is 876 g/mol. The number of benzene rings is 1. The number of nitrogens with zero attached hydrogens (tertiary/aromatic N) is 3. The van der Waals surface area contributed by atoms with Crippen molar-refractivity contribution >= 4 is 34.9 Å². The number of aliphatic imine (C=N–C) groups is 1. The van der Waals surface area contributed by atoms with Crippen molar-refractivity contribution in [1.82, 2.24) is 15.1 Å². The summed E-state index contributed by atoms with van der Waals surface area (Å²) < 4.78 is 32.4. The number of esters is 1. The summed E-state index contributed by atoms with van der Waals surface area (Å²) in [5.41, 5.74) is 0.892. The molecule has 1 aromatic carbocycles. The first-order valence-electron chi connectivity index (χ1n) is 22.3. The number of ketones is 1. The average Bonchev–Trinajstić information content (AvgIpc) is 3.72. The van der Waals surface area contributed by atoms with Gasteiger partial charge in [0.2, 0.25) is 0 Å². The van der Waals surface area contributed by atoms with Crippen molar-refractivity contribution in [3.05, 3.63) is 57.3 Å². The second-order valence-electron chi connectivity index (χ2n) is 18.5. The number of amides is 1. The van der Waals surface area contributed by atoms with Crippen LogP contribution in [0.1, 0.15) is 95.5 Å². The fourth-order valence-electron chi connectivity index (χ4n) is 10.1. The molecule has 4 aliphatic heterocycles. The molecule has 2 N–H and O–H groups in total. The molecule has 0 aliphatic carbocycles. The van der Waals surface area contributed by atoms with E-state index in [0.717, 1.165) is 22.0 Å². The Morgan fingerprint density at radius 3 is 2.45 bits per heavy atom. The lowest BCUT2D eigenvalue weighted by atomic mass is 9.73. The highest BCUT2D eigenvalue weighted by Gasteiger charge is 2.60. The van der Waals surface area contributed by atoms with E-state index in [9.17, 15) is 19.5 Å². The summed E-state index contributed by atoms with van der Waals surface area (Å²) in [6.45, 7) is 19.2. The van der Waals surface area contributed by atoms with Crippen LogP contribution in [0.4, 0.5) is 4.79 Å². The molecule has 1 amide bonds. The Morgan fingerprint density at radius 2 is 1.76 bits per heavy atom. The summed E-state index contributed by atoms with van der Waals surface area (Å²) in [7, 11) is 3.81. The van der Waals surface area contributed by atoms with Gasteiger partial charge in [0.25, 0.3) is 0 Å². The topological polar surface area (TPSA) is 148 Å². The van der Waals surface area contributed by atoms with Gasteiger partial charge in [-0.1, -0.05) is 69.4 Å². The average molecular weight is 877 g/mol. The van der Waals surface area contributed by atoms with E-state index in [2.05, 4.69) is 61.3 Å². The number of aliphatic hydroxyl groups is 1. The Morgan fingerprint density at radius 1 is 1.03 bits per heavy atom. The van der Waals surface area contributed by atoms with E-state index in [1.807, 2.05) is 59.7 Å². The van der Waals surface area contributed by atoms with Crippen molar-refractivity contribution < 1.29 is 43.2 Å². The van der Waals surface area contributed by atoms with Gasteiger partial charge < -0.3 is 39.0 Å². The van der Waals surface area contributed by atoms with Crippen LogP contribution in [0.25, 0.3) is 0 Å². The molecule has 2 bridgehead atoms. The van der Waals surface area contributed by atoms with Crippen LogP contribution in [0.2, 0.25) is 0 Å². The Labute approximate surface area is 372 Å². The highest BCUT2D eigenvalue weighted by atomic mass is 32.1. The molecule has 13 nitrogen and oxygen atoms in total. The molecule has 0 radical (unpaired) electrons. The summed E-state index contributed by atoms with van der Waals surface area (Å²) in [5, 5.41) is 15.2. The minimum Gasteiger partial charge on any atom is -0.458 e. The number of thiophene rings is 1. The molecule has 0 unspecified atom stereocenters. The van der Waals surface area contributed by atoms with Gasteiger partial charge in [0.05, 0.1) is 35.3 Å². The molecule has 1 aromatic heterocycles. The predicted octanol–water partition coefficient (Wildman–Crippen LogP) is 6.16. The third-order valence-electron chi connectivity index (χ3n) is 13.5. The van der Waals surface area contributed by atoms with Gasteiger partial charge in [-0.15, -0.1) is 11.3 Å². The zero-order valence-electron chi connectivity index (χ0n) is 38.4. The van der Waals surface area contributed by atoms with Gasteiger partial charge in [-0.2, -0.15) is 0 Å². The third kappa shape index (κ3) is 10.3. The number of likely N-dealkylation sites (N-methyl/N-ethyl adjacent to an activating group) is 1. The maximum absolute atomic E-state index is 14.6. The number of hydrogen-bond acceptors (Lipinski definition) is 13. The molecule has 3 saturated heterocycles. The van der Waals surface area contributed by atoms with E-state index in [-0.39, 0.29) is 30.6 Å². The van der Waals surface area contributed by atoms with Crippen molar-refractivity contribution in [3.8, 4) is 11.8 Å². The van der Waals surface area contributed by atoms with Crippen molar-refractivity contribution in [2.75, 3.05) is 33.8 Å². The number of cyclic esters (lactones) is 1. The number of rotatable bonds is 10. The van der Waals surface area contributed by atoms with E-state index >= 15 is 0 Å². The first-order valence-corrected chi connectivity index (χ1v) is 23.1. The largest absolute Gasteiger partial charge is 0.458 e. The van der Waals surface area contributed by atoms with Crippen molar-refractivity contribution in [3.63, 3.8) is 0 Å². The molecule has 5 heterocycles. The lowest BCUT2D eigenvalue weighted by molar-refractivity contribution is -0.296. The molecule has 340 valence electrons. The van der Waals surface area contributed by atoms with Gasteiger partial charge in [-0.05, 0) is 91.6 Å². The maximum Gasteiger partial charge on any atom is 0.410 e. The molecule has 13 atom stereocenters. The van der Waals surface area contributed by atoms with Crippen molar-refractivity contribution in [1.29, 1.82) is 0 Å². The van der Waals surface area contributed by atoms with Crippen LogP contribution in [0, 0.1) is 42.4 Å². The van der Waals surface area contributed by atoms with Gasteiger partial charge in [0, 0.05) is 48.1 Å². The number of aryl methyl sites for hydroxylation is 1. The summed E-state index contributed by atoms with van der Waals surface area (Å²) in [5.74, 6) is 2.72. The third-order valence-corrected chi connectivity index (χ3v) is 14.5. The van der Waals surface area contributed by atoms with E-state index in [1.165, 1.54) is 11.1 Å². The summed E-state index contributed by atoms with van der Waals surface area (Å²) in [4.78, 5) is 53.0. The fourth-order valence-corrected chi connectivity index (χ4v) is 11.0. The quantitative estimate of drug-likeness (QED) is 0.161. The summed E-state index contributed by atoms with van der Waals surface area (Å²) in [6.07, 6.45) is -3.41. The van der Waals surface area contributed by atoms with Crippen LogP contribution in [-0.2, 0) is 46.4 Å². The number of aliphatic hydroxyl groups excluding tert-OH is 1. The number of nitrogens with one attached hydrogen (secondary N) is 1. The van der Waals surface area contributed by atoms with Gasteiger partial charge in [-0.25, -0.2) is 4.79 Å². The van der Waals surface area contributed by atoms with Crippen LogP contribution < -0.4 is 5.32 Å². The van der Waals surface area contributed by atoms with E-state index in [1.54, 1.807) is 30.1 Å². The minimum atomic E-state index is -1.24. The predicted molar refractivity (Wildman–Crippen MR) is 239 cm³/mol. The fraction of sp³-hybridized carbons (Fsp3) is 0.667. The Hall–Kier alpha value is -3.68. The number of ether oxygens (including phenoxy) is 5. The zero-order valence-corrected chi connectivity index (χ0v) is 39.3. The first kappa shape index (κ1) is 47.8. The Bertz CT molecular complexity index is 1990. The standard InChI is InChI=1S/C48H68N4O9S/c1-12-38-48(9)42-31(5)39(50-21-22-52(42)46(56)61-48)29(3)25-47(8,57-23-13-14-35-19-20-36(62-35)27-49-26-34-17-15-28(2)16-18-34)43(32(6)40(53)33(7)44(55)59-38)60-45-41(54)37(51(10)11)24-30(4)58-45/h15-20,29-33,37-38,41-43,45,49,54H,12,21-27H2,1-11H3/t29-,30-,31-,32+,33-,37+,38+,41-,42-,43-,45+,47+,48-/m1/s1. The summed E-state index contributed by atoms with van der Waals surface area (Å²) in [6, 6.07) is 11.8. The van der Waals surface area contributed by atoms with Crippen LogP contribution in [0.3, 0.4) is 0 Å². The maximum atomic E-state index is 14.6. The van der Waals surface area contributed by atoms with Crippen LogP contribution in [0.15, 0.2) is 41.4 Å². The minimum absolute atomic E-state index is 0.00230. The van der Waals surface area contributed by atoms with Gasteiger partial charge in [0.15, 0.2) is 17.7 Å². The van der Waals surface area contributed by atoms with Crippen LogP contribution >= 0.6 is 11.3 Å². The van der Waals surface area contributed by atoms with Crippen LogP contribution in [0.5, 0.6) is 0 Å². The first-order chi connectivity index (χ1) is 29.4. The SMILES string of the molecule is CC[C@@H]1OC(=O)[C@H](C)C(=O)[C@H](C)[C@@H](O[C@@H]2O[C@H](C)C[C@H](N(C)C)[C@H]2O)[C@@](C)(OCC#Cc2ccc(CNCc3ccc(C)cc3)s2)C[C@@H](C)C2=NCCN3C(=O)O[C@@]1(C)[C@H]3[C@@H]2C. The molecule has 4 aliphatic rings. The van der Waals surface area contributed by atoms with E-state index in [0.29, 0.717) is 38.9 Å². The number of Topliss-reactive ketones (excluding diaryl/α,β-unsaturated/α-hetero) is 1. The normalized spacial score (nSPS) is 35.6. The molecule has 14 heteroatoms. The highest BCUT2D eigenvalue weighted by molar-refractivity contribution is 7.12. The number of fused-ring (bicyclic) bond motifs is 1. The number of carbonyl (C=O) groups excluding carboxylic acids is 3. The molecular formula is C48H68N4O9S.